The lowest BCUT2D eigenvalue weighted by Crippen LogP contribution is -2.50. The maximum Gasteiger partial charge on any atom is 0.256 e. The highest BCUT2D eigenvalue weighted by molar-refractivity contribution is 6.01. The van der Waals surface area contributed by atoms with E-state index in [1.807, 2.05) is 42.2 Å². The lowest BCUT2D eigenvalue weighted by Gasteiger charge is -2.39. The summed E-state index contributed by atoms with van der Waals surface area (Å²) in [5, 5.41) is 3.12. The molecule has 1 N–H and O–H groups in total. The summed E-state index contributed by atoms with van der Waals surface area (Å²) in [6.45, 7) is 11.2. The van der Waals surface area contributed by atoms with E-state index >= 15 is 0 Å². The summed E-state index contributed by atoms with van der Waals surface area (Å²) in [5.74, 6) is -0.184. The van der Waals surface area contributed by atoms with Gasteiger partial charge >= 0.3 is 0 Å². The summed E-state index contributed by atoms with van der Waals surface area (Å²) in [6, 6.07) is 15.9. The highest BCUT2D eigenvalue weighted by atomic mass is 16.2. The van der Waals surface area contributed by atoms with Crippen molar-refractivity contribution in [2.45, 2.75) is 64.8 Å². The van der Waals surface area contributed by atoms with E-state index in [0.29, 0.717) is 6.54 Å². The smallest absolute Gasteiger partial charge is 0.256 e. The van der Waals surface area contributed by atoms with Crippen molar-refractivity contribution in [2.75, 3.05) is 29.9 Å². The molecule has 176 valence electrons. The Morgan fingerprint density at radius 2 is 1.67 bits per heavy atom. The molecule has 5 nitrogen and oxygen atoms in total. The first-order valence-electron chi connectivity index (χ1n) is 12.3. The fourth-order valence-electron chi connectivity index (χ4n) is 5.12. The average Bonchev–Trinajstić information content (AvgIpc) is 3.33. The molecule has 0 saturated carbocycles. The van der Waals surface area contributed by atoms with Gasteiger partial charge in [-0.3, -0.25) is 9.59 Å². The van der Waals surface area contributed by atoms with Crippen LogP contribution < -0.4 is 10.2 Å². The van der Waals surface area contributed by atoms with Crippen molar-refractivity contribution in [1.82, 2.24) is 4.90 Å². The Labute approximate surface area is 198 Å². The summed E-state index contributed by atoms with van der Waals surface area (Å²) in [4.78, 5) is 31.1. The molecule has 2 heterocycles. The van der Waals surface area contributed by atoms with E-state index in [9.17, 15) is 9.59 Å². The molecule has 0 bridgehead atoms. The fourth-order valence-corrected chi connectivity index (χ4v) is 5.12. The van der Waals surface area contributed by atoms with Gasteiger partial charge in [-0.05, 0) is 67.9 Å². The number of nitrogens with one attached hydrogen (secondary N) is 1. The highest BCUT2D eigenvalue weighted by Crippen LogP contribution is 2.31. The summed E-state index contributed by atoms with van der Waals surface area (Å²) < 4.78 is 0. The van der Waals surface area contributed by atoms with Crippen molar-refractivity contribution in [1.29, 1.82) is 0 Å². The zero-order chi connectivity index (χ0) is 23.6. The molecule has 2 atom stereocenters. The zero-order valence-electron chi connectivity index (χ0n) is 20.4. The molecule has 2 fully saturated rings. The number of piperidine rings is 1. The number of amides is 2. The van der Waals surface area contributed by atoms with Gasteiger partial charge in [-0.15, -0.1) is 0 Å². The van der Waals surface area contributed by atoms with Crippen LogP contribution in [0.1, 0.15) is 69.3 Å². The van der Waals surface area contributed by atoms with E-state index in [1.165, 1.54) is 18.4 Å². The number of hydrogen-bond acceptors (Lipinski definition) is 3. The Kier molecular flexibility index (Phi) is 6.78. The van der Waals surface area contributed by atoms with Gasteiger partial charge in [-0.25, -0.2) is 0 Å². The van der Waals surface area contributed by atoms with Gasteiger partial charge in [-0.2, -0.15) is 0 Å². The van der Waals surface area contributed by atoms with Crippen LogP contribution >= 0.6 is 0 Å². The molecule has 33 heavy (non-hydrogen) atoms. The maximum absolute atomic E-state index is 13.6. The van der Waals surface area contributed by atoms with E-state index in [4.69, 9.17) is 0 Å². The van der Waals surface area contributed by atoms with Gasteiger partial charge in [0.15, 0.2) is 0 Å². The summed E-state index contributed by atoms with van der Waals surface area (Å²) >= 11 is 0. The van der Waals surface area contributed by atoms with E-state index in [0.717, 1.165) is 42.9 Å². The maximum atomic E-state index is 13.6. The summed E-state index contributed by atoms with van der Waals surface area (Å²) in [6.07, 6.45) is 3.97. The molecule has 2 aromatic rings. The van der Waals surface area contributed by atoms with Crippen LogP contribution in [0.2, 0.25) is 0 Å². The Morgan fingerprint density at radius 1 is 0.939 bits per heavy atom. The molecule has 5 heteroatoms. The third-order valence-electron chi connectivity index (χ3n) is 7.16. The second-order valence-corrected chi connectivity index (χ2v) is 10.5. The minimum Gasteiger partial charge on any atom is -0.371 e. The van der Waals surface area contributed by atoms with E-state index in [1.54, 1.807) is 0 Å². The minimum atomic E-state index is -0.222. The Hall–Kier alpha value is -2.82. The van der Waals surface area contributed by atoms with Crippen LogP contribution in [-0.4, -0.2) is 42.4 Å². The van der Waals surface area contributed by atoms with E-state index in [-0.39, 0.29) is 29.2 Å². The molecule has 0 unspecified atom stereocenters. The number of benzene rings is 2. The van der Waals surface area contributed by atoms with Crippen molar-refractivity contribution < 1.29 is 9.59 Å². The van der Waals surface area contributed by atoms with Crippen molar-refractivity contribution in [2.24, 2.45) is 5.92 Å². The number of rotatable bonds is 4. The predicted molar refractivity (Wildman–Crippen MR) is 135 cm³/mol. The van der Waals surface area contributed by atoms with Crippen LogP contribution in [-0.2, 0) is 10.2 Å². The fraction of sp³-hybridized carbons (Fsp3) is 0.500. The number of nitrogens with zero attached hydrogens (tertiary/aromatic N) is 2. The number of likely N-dealkylation sites (tertiary alicyclic amines) is 1. The number of para-hydroxylation sites is 1. The molecular formula is C28H37N3O2. The lowest BCUT2D eigenvalue weighted by molar-refractivity contribution is -0.122. The van der Waals surface area contributed by atoms with Gasteiger partial charge in [0.05, 0.1) is 11.5 Å². The van der Waals surface area contributed by atoms with Gasteiger partial charge in [0.2, 0.25) is 5.91 Å². The van der Waals surface area contributed by atoms with Crippen LogP contribution in [0.15, 0.2) is 48.5 Å². The van der Waals surface area contributed by atoms with Crippen LogP contribution in [0.25, 0.3) is 0 Å². The van der Waals surface area contributed by atoms with Crippen molar-refractivity contribution in [3.8, 4) is 0 Å². The SMILES string of the molecule is C[C@H]1[C@@H](C(=O)Nc2cccc(C(C)(C)C)c2)CCCN1C(=O)c1ccccc1N1CCCC1. The summed E-state index contributed by atoms with van der Waals surface area (Å²) in [5.41, 5.74) is 3.81. The molecule has 2 aromatic carbocycles. The minimum absolute atomic E-state index is 0.00103. The molecule has 0 spiro atoms. The van der Waals surface area contributed by atoms with E-state index in [2.05, 4.69) is 49.2 Å². The first kappa shape index (κ1) is 23.3. The normalized spacial score (nSPS) is 21.2. The van der Waals surface area contributed by atoms with Gasteiger partial charge < -0.3 is 15.1 Å². The van der Waals surface area contributed by atoms with E-state index < -0.39 is 0 Å². The second-order valence-electron chi connectivity index (χ2n) is 10.5. The standard InChI is InChI=1S/C28H37N3O2/c1-20-23(26(32)29-22-12-9-11-21(19-22)28(2,3)4)14-10-18-31(20)27(33)24-13-5-6-15-25(24)30-16-7-8-17-30/h5-6,9,11-13,15,19-20,23H,7-8,10,14,16-18H2,1-4H3,(H,29,32)/t20-,23-/m0/s1. The summed E-state index contributed by atoms with van der Waals surface area (Å²) in [7, 11) is 0. The monoisotopic (exact) mass is 447 g/mol. The number of hydrogen-bond donors (Lipinski definition) is 1. The quantitative estimate of drug-likeness (QED) is 0.677. The van der Waals surface area contributed by atoms with Crippen LogP contribution in [0.5, 0.6) is 0 Å². The molecular weight excluding hydrogens is 410 g/mol. The molecule has 2 aliphatic rings. The number of carbonyl (C=O) groups excluding carboxylic acids is 2. The Balaban J connectivity index is 1.50. The largest absolute Gasteiger partial charge is 0.371 e. The Morgan fingerprint density at radius 3 is 2.39 bits per heavy atom. The molecule has 0 aromatic heterocycles. The molecule has 0 aliphatic carbocycles. The number of carbonyl (C=O) groups is 2. The van der Waals surface area contributed by atoms with Gasteiger partial charge in [0, 0.05) is 37.1 Å². The first-order valence-corrected chi connectivity index (χ1v) is 12.3. The molecule has 4 rings (SSSR count). The number of anilines is 2. The Bertz CT molecular complexity index is 1000. The van der Waals surface area contributed by atoms with Crippen molar-refractivity contribution in [3.63, 3.8) is 0 Å². The highest BCUT2D eigenvalue weighted by Gasteiger charge is 2.36. The topological polar surface area (TPSA) is 52.7 Å². The molecule has 2 aliphatic heterocycles. The predicted octanol–water partition coefficient (Wildman–Crippen LogP) is 5.46. The molecule has 2 amide bonds. The third-order valence-corrected chi connectivity index (χ3v) is 7.16. The van der Waals surface area contributed by atoms with Crippen LogP contribution in [0, 0.1) is 5.92 Å². The van der Waals surface area contributed by atoms with Gasteiger partial charge in [-0.1, -0.05) is 45.0 Å². The van der Waals surface area contributed by atoms with Crippen molar-refractivity contribution >= 4 is 23.2 Å². The first-order chi connectivity index (χ1) is 15.8. The molecule has 0 radical (unpaired) electrons. The lowest BCUT2D eigenvalue weighted by atomic mass is 9.86. The van der Waals surface area contributed by atoms with Crippen LogP contribution in [0.4, 0.5) is 11.4 Å². The van der Waals surface area contributed by atoms with Crippen LogP contribution in [0.3, 0.4) is 0 Å². The van der Waals surface area contributed by atoms with Crippen molar-refractivity contribution in [3.05, 3.63) is 59.7 Å². The average molecular weight is 448 g/mol. The third kappa shape index (κ3) is 5.07. The second kappa shape index (κ2) is 9.58. The molecule has 2 saturated heterocycles. The zero-order valence-corrected chi connectivity index (χ0v) is 20.4. The van der Waals surface area contributed by atoms with Gasteiger partial charge in [0.25, 0.3) is 5.91 Å². The van der Waals surface area contributed by atoms with Gasteiger partial charge in [0.1, 0.15) is 0 Å².